The Morgan fingerprint density at radius 2 is 2.00 bits per heavy atom. The van der Waals surface area contributed by atoms with E-state index >= 15 is 0 Å². The van der Waals surface area contributed by atoms with E-state index in [0.717, 1.165) is 5.69 Å². The molecule has 1 aliphatic rings. The minimum Gasteiger partial charge on any atom is -0.465 e. The van der Waals surface area contributed by atoms with E-state index in [1.54, 1.807) is 18.2 Å². The van der Waals surface area contributed by atoms with Crippen LogP contribution in [-0.2, 0) is 4.74 Å². The van der Waals surface area contributed by atoms with Gasteiger partial charge in [0.15, 0.2) is 11.5 Å². The molecule has 0 bridgehead atoms. The molecule has 3 N–H and O–H groups in total. The number of rotatable bonds is 3. The molecule has 0 unspecified atom stereocenters. The molecular formula is C15H14N2O4. The van der Waals surface area contributed by atoms with Gasteiger partial charge in [-0.2, -0.15) is 0 Å². The lowest BCUT2D eigenvalue weighted by molar-refractivity contribution is 0.0601. The lowest BCUT2D eigenvalue weighted by Crippen LogP contribution is -2.04. The van der Waals surface area contributed by atoms with E-state index in [2.05, 4.69) is 5.32 Å². The molecule has 1 aliphatic heterocycles. The van der Waals surface area contributed by atoms with E-state index < -0.39 is 5.97 Å². The Kier molecular flexibility index (Phi) is 3.27. The smallest absolute Gasteiger partial charge is 0.337 e. The van der Waals surface area contributed by atoms with Crippen LogP contribution in [0.4, 0.5) is 17.1 Å². The molecule has 0 saturated carbocycles. The van der Waals surface area contributed by atoms with Gasteiger partial charge >= 0.3 is 5.97 Å². The third kappa shape index (κ3) is 2.55. The lowest BCUT2D eigenvalue weighted by Gasteiger charge is -2.11. The van der Waals surface area contributed by atoms with Crippen LogP contribution in [0, 0.1) is 0 Å². The Morgan fingerprint density at radius 3 is 2.81 bits per heavy atom. The highest BCUT2D eigenvalue weighted by molar-refractivity contribution is 5.92. The van der Waals surface area contributed by atoms with E-state index in [1.807, 2.05) is 18.2 Å². The van der Waals surface area contributed by atoms with E-state index in [9.17, 15) is 4.79 Å². The minimum atomic E-state index is -0.413. The maximum Gasteiger partial charge on any atom is 0.337 e. The summed E-state index contributed by atoms with van der Waals surface area (Å²) in [5, 5.41) is 3.15. The van der Waals surface area contributed by atoms with Crippen LogP contribution in [0.1, 0.15) is 10.4 Å². The number of nitrogen functional groups attached to an aromatic ring is 1. The van der Waals surface area contributed by atoms with Crippen molar-refractivity contribution in [1.29, 1.82) is 0 Å². The van der Waals surface area contributed by atoms with Crippen LogP contribution < -0.4 is 20.5 Å². The Balaban J connectivity index is 1.89. The largest absolute Gasteiger partial charge is 0.465 e. The zero-order chi connectivity index (χ0) is 14.8. The number of anilines is 3. The SMILES string of the molecule is COC(=O)c1ccc(N)c(Nc2ccc3c(c2)OCO3)c1. The summed E-state index contributed by atoms with van der Waals surface area (Å²) in [5.74, 6) is 0.961. The van der Waals surface area contributed by atoms with Gasteiger partial charge in [-0.05, 0) is 30.3 Å². The van der Waals surface area contributed by atoms with Crippen molar-refractivity contribution in [2.75, 3.05) is 25.0 Å². The molecule has 2 aromatic carbocycles. The first kappa shape index (κ1) is 13.1. The number of nitrogens with two attached hydrogens (primary N) is 1. The van der Waals surface area contributed by atoms with Crippen molar-refractivity contribution in [3.63, 3.8) is 0 Å². The number of benzene rings is 2. The van der Waals surface area contributed by atoms with Crippen molar-refractivity contribution in [3.8, 4) is 11.5 Å². The van der Waals surface area contributed by atoms with E-state index in [0.29, 0.717) is 28.4 Å². The number of esters is 1. The summed E-state index contributed by atoms with van der Waals surface area (Å²) >= 11 is 0. The fourth-order valence-electron chi connectivity index (χ4n) is 2.04. The van der Waals surface area contributed by atoms with Crippen LogP contribution in [0.5, 0.6) is 11.5 Å². The number of ether oxygens (including phenoxy) is 3. The number of fused-ring (bicyclic) bond motifs is 1. The molecular weight excluding hydrogens is 272 g/mol. The highest BCUT2D eigenvalue weighted by atomic mass is 16.7. The van der Waals surface area contributed by atoms with Crippen LogP contribution in [-0.4, -0.2) is 19.9 Å². The molecule has 3 rings (SSSR count). The van der Waals surface area contributed by atoms with Crippen LogP contribution in [0.25, 0.3) is 0 Å². The van der Waals surface area contributed by atoms with Gasteiger partial charge in [0.1, 0.15) is 0 Å². The topological polar surface area (TPSA) is 82.8 Å². The standard InChI is InChI=1S/C15H14N2O4/c1-19-15(18)9-2-4-11(16)12(6-9)17-10-3-5-13-14(7-10)21-8-20-13/h2-7,17H,8,16H2,1H3. The van der Waals surface area contributed by atoms with Gasteiger partial charge in [0, 0.05) is 11.8 Å². The maximum atomic E-state index is 11.6. The van der Waals surface area contributed by atoms with Crippen molar-refractivity contribution >= 4 is 23.0 Å². The summed E-state index contributed by atoms with van der Waals surface area (Å²) in [5.41, 5.74) is 8.28. The third-order valence-electron chi connectivity index (χ3n) is 3.13. The van der Waals surface area contributed by atoms with Gasteiger partial charge < -0.3 is 25.3 Å². The van der Waals surface area contributed by atoms with Crippen molar-refractivity contribution in [2.45, 2.75) is 0 Å². The molecule has 0 radical (unpaired) electrons. The zero-order valence-corrected chi connectivity index (χ0v) is 11.4. The first-order valence-corrected chi connectivity index (χ1v) is 6.32. The third-order valence-corrected chi connectivity index (χ3v) is 3.13. The average molecular weight is 286 g/mol. The monoisotopic (exact) mass is 286 g/mol. The molecule has 108 valence electrons. The number of hydrogen-bond donors (Lipinski definition) is 2. The quantitative estimate of drug-likeness (QED) is 0.666. The molecule has 0 aromatic heterocycles. The van der Waals surface area contributed by atoms with Crippen molar-refractivity contribution in [2.24, 2.45) is 0 Å². The summed E-state index contributed by atoms with van der Waals surface area (Å²) < 4.78 is 15.3. The molecule has 0 aliphatic carbocycles. The number of methoxy groups -OCH3 is 1. The maximum absolute atomic E-state index is 11.6. The molecule has 2 aromatic rings. The van der Waals surface area contributed by atoms with Crippen LogP contribution in [0.3, 0.4) is 0 Å². The summed E-state index contributed by atoms with van der Waals surface area (Å²) in [7, 11) is 1.34. The predicted molar refractivity (Wildman–Crippen MR) is 78.0 cm³/mol. The van der Waals surface area contributed by atoms with Gasteiger partial charge in [0.25, 0.3) is 0 Å². The number of hydrogen-bond acceptors (Lipinski definition) is 6. The van der Waals surface area contributed by atoms with Crippen molar-refractivity contribution < 1.29 is 19.0 Å². The molecule has 1 heterocycles. The second-order valence-corrected chi connectivity index (χ2v) is 4.49. The fraction of sp³-hybridized carbons (Fsp3) is 0.133. The molecule has 6 heteroatoms. The van der Waals surface area contributed by atoms with Gasteiger partial charge in [-0.1, -0.05) is 0 Å². The summed E-state index contributed by atoms with van der Waals surface area (Å²) in [6, 6.07) is 10.4. The van der Waals surface area contributed by atoms with Crippen molar-refractivity contribution in [1.82, 2.24) is 0 Å². The van der Waals surface area contributed by atoms with Gasteiger partial charge in [-0.15, -0.1) is 0 Å². The molecule has 0 saturated heterocycles. The second-order valence-electron chi connectivity index (χ2n) is 4.49. The highest BCUT2D eigenvalue weighted by Crippen LogP contribution is 2.35. The van der Waals surface area contributed by atoms with E-state index in [1.165, 1.54) is 7.11 Å². The van der Waals surface area contributed by atoms with Crippen LogP contribution in [0.2, 0.25) is 0 Å². The van der Waals surface area contributed by atoms with Crippen molar-refractivity contribution in [3.05, 3.63) is 42.0 Å². The van der Waals surface area contributed by atoms with Gasteiger partial charge in [-0.25, -0.2) is 4.79 Å². The Bertz CT molecular complexity index is 700. The Morgan fingerprint density at radius 1 is 1.19 bits per heavy atom. The molecule has 6 nitrogen and oxygen atoms in total. The summed E-state index contributed by atoms with van der Waals surface area (Å²) in [4.78, 5) is 11.6. The number of carbonyl (C=O) groups excluding carboxylic acids is 1. The van der Waals surface area contributed by atoms with Crippen LogP contribution in [0.15, 0.2) is 36.4 Å². The van der Waals surface area contributed by atoms with E-state index in [4.69, 9.17) is 19.9 Å². The Labute approximate surface area is 121 Å². The van der Waals surface area contributed by atoms with E-state index in [-0.39, 0.29) is 6.79 Å². The molecule has 0 spiro atoms. The number of carbonyl (C=O) groups is 1. The second kappa shape index (κ2) is 5.24. The average Bonchev–Trinajstić information content (AvgIpc) is 2.96. The molecule has 0 amide bonds. The first-order valence-electron chi connectivity index (χ1n) is 6.32. The first-order chi connectivity index (χ1) is 10.2. The fourth-order valence-corrected chi connectivity index (χ4v) is 2.04. The van der Waals surface area contributed by atoms with Gasteiger partial charge in [0.2, 0.25) is 6.79 Å². The number of nitrogens with one attached hydrogen (secondary N) is 1. The molecule has 0 fully saturated rings. The lowest BCUT2D eigenvalue weighted by atomic mass is 10.1. The van der Waals surface area contributed by atoms with Crippen LogP contribution >= 0.6 is 0 Å². The minimum absolute atomic E-state index is 0.221. The molecule has 21 heavy (non-hydrogen) atoms. The summed E-state index contributed by atoms with van der Waals surface area (Å²) in [6.07, 6.45) is 0. The predicted octanol–water partition coefficient (Wildman–Crippen LogP) is 2.53. The zero-order valence-electron chi connectivity index (χ0n) is 11.4. The normalized spacial score (nSPS) is 12.0. The van der Waals surface area contributed by atoms with Gasteiger partial charge in [0.05, 0.1) is 24.0 Å². The Hall–Kier alpha value is -2.89. The molecule has 0 atom stereocenters. The summed E-state index contributed by atoms with van der Waals surface area (Å²) in [6.45, 7) is 0.221. The highest BCUT2D eigenvalue weighted by Gasteiger charge is 2.14. The van der Waals surface area contributed by atoms with Gasteiger partial charge in [-0.3, -0.25) is 0 Å².